The van der Waals surface area contributed by atoms with Crippen molar-refractivity contribution in [1.29, 1.82) is 0 Å². The number of fused-ring (bicyclic) bond motifs is 1. The van der Waals surface area contributed by atoms with Crippen LogP contribution in [0.3, 0.4) is 0 Å². The molecule has 170 valence electrons. The second-order valence-electron chi connectivity index (χ2n) is 7.85. The first kappa shape index (κ1) is 22.9. The first-order chi connectivity index (χ1) is 15.8. The minimum absolute atomic E-state index is 0.177. The summed E-state index contributed by atoms with van der Waals surface area (Å²) in [5.74, 6) is -0.364. The number of aromatic nitrogens is 1. The van der Waals surface area contributed by atoms with Crippen LogP contribution in [-0.4, -0.2) is 18.9 Å². The summed E-state index contributed by atoms with van der Waals surface area (Å²) in [4.78, 5) is 18.1. The van der Waals surface area contributed by atoms with Crippen molar-refractivity contribution in [1.82, 2.24) is 4.57 Å². The van der Waals surface area contributed by atoms with E-state index in [1.165, 1.54) is 34.6 Å². The Morgan fingerprint density at radius 2 is 1.67 bits per heavy atom. The summed E-state index contributed by atoms with van der Waals surface area (Å²) in [7, 11) is -3.69. The molecule has 3 aromatic carbocycles. The summed E-state index contributed by atoms with van der Waals surface area (Å²) in [5.41, 5.74) is 4.27. The molecule has 0 bridgehead atoms. The van der Waals surface area contributed by atoms with E-state index >= 15 is 0 Å². The lowest BCUT2D eigenvalue weighted by atomic mass is 10.1. The maximum atomic E-state index is 12.9. The van der Waals surface area contributed by atoms with Crippen molar-refractivity contribution in [3.8, 4) is 0 Å². The molecule has 33 heavy (non-hydrogen) atoms. The number of thiazole rings is 1. The van der Waals surface area contributed by atoms with Crippen molar-refractivity contribution >= 4 is 43.2 Å². The van der Waals surface area contributed by atoms with E-state index in [4.69, 9.17) is 0 Å². The zero-order valence-corrected chi connectivity index (χ0v) is 20.3. The predicted molar refractivity (Wildman–Crippen MR) is 133 cm³/mol. The van der Waals surface area contributed by atoms with Crippen LogP contribution in [0.4, 0.5) is 5.69 Å². The summed E-state index contributed by atoms with van der Waals surface area (Å²) < 4.78 is 30.7. The van der Waals surface area contributed by atoms with Gasteiger partial charge < -0.3 is 4.57 Å². The number of amides is 1. The molecule has 8 heteroatoms. The summed E-state index contributed by atoms with van der Waals surface area (Å²) in [6.07, 6.45) is 0.927. The number of aryl methyl sites for hydroxylation is 3. The Bertz CT molecular complexity index is 1480. The average Bonchev–Trinajstić information content (AvgIpc) is 3.11. The highest BCUT2D eigenvalue weighted by Crippen LogP contribution is 2.22. The summed E-state index contributed by atoms with van der Waals surface area (Å²) in [6, 6.07) is 18.7. The first-order valence-corrected chi connectivity index (χ1v) is 13.0. The van der Waals surface area contributed by atoms with E-state index in [2.05, 4.69) is 47.2 Å². The zero-order chi connectivity index (χ0) is 23.6. The lowest BCUT2D eigenvalue weighted by Crippen LogP contribution is -2.17. The SMILES string of the molecule is CCCn1c(=NC(=O)c2ccc(NS(=O)(=O)c3ccccc3)cc2)sc2cc(C)c(C)cc21. The highest BCUT2D eigenvalue weighted by atomic mass is 32.2. The molecule has 0 saturated heterocycles. The van der Waals surface area contributed by atoms with E-state index in [1.54, 1.807) is 42.5 Å². The van der Waals surface area contributed by atoms with Crippen molar-refractivity contribution in [3.05, 3.63) is 88.2 Å². The summed E-state index contributed by atoms with van der Waals surface area (Å²) in [5, 5.41) is 0. The molecule has 0 saturated carbocycles. The first-order valence-electron chi connectivity index (χ1n) is 10.7. The van der Waals surface area contributed by atoms with Gasteiger partial charge in [0.1, 0.15) is 0 Å². The van der Waals surface area contributed by atoms with Gasteiger partial charge in [0.05, 0.1) is 15.1 Å². The highest BCUT2D eigenvalue weighted by Gasteiger charge is 2.14. The Morgan fingerprint density at radius 3 is 2.33 bits per heavy atom. The van der Waals surface area contributed by atoms with Gasteiger partial charge in [0.2, 0.25) is 0 Å². The van der Waals surface area contributed by atoms with Crippen LogP contribution in [-0.2, 0) is 16.6 Å². The number of nitrogens with one attached hydrogen (secondary N) is 1. The lowest BCUT2D eigenvalue weighted by molar-refractivity contribution is 0.0998. The maximum Gasteiger partial charge on any atom is 0.279 e. The van der Waals surface area contributed by atoms with Gasteiger partial charge >= 0.3 is 0 Å². The van der Waals surface area contributed by atoms with E-state index in [0.717, 1.165) is 23.2 Å². The van der Waals surface area contributed by atoms with Crippen LogP contribution in [0.15, 0.2) is 76.6 Å². The number of anilines is 1. The second kappa shape index (κ2) is 9.33. The van der Waals surface area contributed by atoms with Gasteiger partial charge in [0, 0.05) is 17.8 Å². The normalized spacial score (nSPS) is 12.3. The quantitative estimate of drug-likeness (QED) is 0.409. The van der Waals surface area contributed by atoms with Crippen LogP contribution >= 0.6 is 11.3 Å². The molecule has 1 amide bonds. The molecule has 0 atom stereocenters. The number of carbonyl (C=O) groups is 1. The van der Waals surface area contributed by atoms with E-state index in [-0.39, 0.29) is 10.8 Å². The molecule has 0 spiro atoms. The summed E-state index contributed by atoms with van der Waals surface area (Å²) in [6.45, 7) is 7.03. The third-order valence-corrected chi connectivity index (χ3v) is 7.82. The molecule has 0 unspecified atom stereocenters. The standard InChI is InChI=1S/C25H25N3O3S2/c1-4-14-28-22-15-17(2)18(3)16-23(22)32-25(28)26-24(29)19-10-12-20(13-11-19)27-33(30,31)21-8-6-5-7-9-21/h5-13,15-16,27H,4,14H2,1-3H3. The van der Waals surface area contributed by atoms with Crippen molar-refractivity contribution in [2.24, 2.45) is 4.99 Å². The highest BCUT2D eigenvalue weighted by molar-refractivity contribution is 7.92. The Labute approximate surface area is 197 Å². The Kier molecular flexibility index (Phi) is 6.49. The second-order valence-corrected chi connectivity index (χ2v) is 10.5. The van der Waals surface area contributed by atoms with E-state index in [1.807, 2.05) is 0 Å². The molecule has 0 aliphatic carbocycles. The fourth-order valence-corrected chi connectivity index (χ4v) is 5.71. The lowest BCUT2D eigenvalue weighted by Gasteiger charge is -2.08. The largest absolute Gasteiger partial charge is 0.316 e. The molecular formula is C25H25N3O3S2. The number of nitrogens with zero attached hydrogens (tertiary/aromatic N) is 2. The molecule has 1 aromatic heterocycles. The van der Waals surface area contributed by atoms with Gasteiger partial charge in [-0.2, -0.15) is 4.99 Å². The molecule has 4 aromatic rings. The number of hydrogen-bond donors (Lipinski definition) is 1. The van der Waals surface area contributed by atoms with Crippen molar-refractivity contribution in [3.63, 3.8) is 0 Å². The van der Waals surface area contributed by atoms with Crippen molar-refractivity contribution in [2.45, 2.75) is 38.6 Å². The maximum absolute atomic E-state index is 12.9. The third-order valence-electron chi connectivity index (χ3n) is 5.38. The fraction of sp³-hybridized carbons (Fsp3) is 0.200. The molecule has 0 aliphatic heterocycles. The Balaban J connectivity index is 1.63. The fourth-order valence-electron chi connectivity index (χ4n) is 3.49. The average molecular weight is 480 g/mol. The minimum atomic E-state index is -3.69. The molecule has 0 radical (unpaired) electrons. The van der Waals surface area contributed by atoms with Gasteiger partial charge in [-0.3, -0.25) is 9.52 Å². The van der Waals surface area contributed by atoms with Crippen LogP contribution in [0.5, 0.6) is 0 Å². The number of hydrogen-bond acceptors (Lipinski definition) is 4. The van der Waals surface area contributed by atoms with Gasteiger partial charge in [-0.1, -0.05) is 36.5 Å². The van der Waals surface area contributed by atoms with Crippen LogP contribution in [0.2, 0.25) is 0 Å². The van der Waals surface area contributed by atoms with Gasteiger partial charge in [-0.25, -0.2) is 8.42 Å². The van der Waals surface area contributed by atoms with E-state index < -0.39 is 10.0 Å². The molecule has 0 aliphatic rings. The van der Waals surface area contributed by atoms with Crippen molar-refractivity contribution < 1.29 is 13.2 Å². The Hall–Kier alpha value is -3.23. The number of benzene rings is 3. The monoisotopic (exact) mass is 479 g/mol. The number of rotatable bonds is 6. The summed E-state index contributed by atoms with van der Waals surface area (Å²) >= 11 is 1.50. The number of sulfonamides is 1. The molecule has 1 heterocycles. The van der Waals surface area contributed by atoms with E-state index in [0.29, 0.717) is 16.1 Å². The predicted octanol–water partition coefficient (Wildman–Crippen LogP) is 5.27. The van der Waals surface area contributed by atoms with E-state index in [9.17, 15) is 13.2 Å². The van der Waals surface area contributed by atoms with Gasteiger partial charge in [0.25, 0.3) is 15.9 Å². The smallest absolute Gasteiger partial charge is 0.279 e. The van der Waals surface area contributed by atoms with Crippen LogP contribution in [0.25, 0.3) is 10.2 Å². The minimum Gasteiger partial charge on any atom is -0.316 e. The molecular weight excluding hydrogens is 454 g/mol. The third kappa shape index (κ3) is 4.91. The van der Waals surface area contributed by atoms with Gasteiger partial charge in [0.15, 0.2) is 4.80 Å². The van der Waals surface area contributed by atoms with Crippen molar-refractivity contribution in [2.75, 3.05) is 4.72 Å². The Morgan fingerprint density at radius 1 is 1.00 bits per heavy atom. The number of carbonyl (C=O) groups excluding carboxylic acids is 1. The molecule has 1 N–H and O–H groups in total. The topological polar surface area (TPSA) is 80.5 Å². The molecule has 6 nitrogen and oxygen atoms in total. The van der Waals surface area contributed by atoms with Gasteiger partial charge in [-0.15, -0.1) is 0 Å². The van der Waals surface area contributed by atoms with Crippen LogP contribution < -0.4 is 9.52 Å². The van der Waals surface area contributed by atoms with Crippen LogP contribution in [0.1, 0.15) is 34.8 Å². The van der Waals surface area contributed by atoms with Gasteiger partial charge in [-0.05, 0) is 79.9 Å². The zero-order valence-electron chi connectivity index (χ0n) is 18.7. The van der Waals surface area contributed by atoms with Crippen LogP contribution in [0, 0.1) is 13.8 Å². The molecule has 0 fully saturated rings. The molecule has 4 rings (SSSR count).